The second-order valence-corrected chi connectivity index (χ2v) is 7.34. The Morgan fingerprint density at radius 2 is 1.93 bits per heavy atom. The first-order chi connectivity index (χ1) is 12.9. The predicted octanol–water partition coefficient (Wildman–Crippen LogP) is 4.35. The van der Waals surface area contributed by atoms with Gasteiger partial charge in [0.1, 0.15) is 11.6 Å². The zero-order chi connectivity index (χ0) is 19.6. The van der Waals surface area contributed by atoms with Crippen LogP contribution >= 0.6 is 0 Å². The van der Waals surface area contributed by atoms with E-state index in [0.29, 0.717) is 11.6 Å². The minimum absolute atomic E-state index is 0.0376. The number of aryl methyl sites for hydroxylation is 1. The standard InChI is InChI=1S/C21H26F2N2O2/c1-13-10-18(14(2)25(13)16-6-4-3-5-7-16)21(27)24-12-20(26)17-9-8-15(22)11-19(17)23/h8-11,16,20,26H,3-7,12H2,1-2H3,(H,24,27). The summed E-state index contributed by atoms with van der Waals surface area (Å²) in [6.45, 7) is 3.79. The average Bonchev–Trinajstić information content (AvgIpc) is 2.94. The number of carbonyl (C=O) groups is 1. The zero-order valence-electron chi connectivity index (χ0n) is 15.8. The van der Waals surface area contributed by atoms with Crippen LogP contribution in [-0.4, -0.2) is 22.1 Å². The molecule has 0 aliphatic heterocycles. The summed E-state index contributed by atoms with van der Waals surface area (Å²) in [5.74, 6) is -1.83. The number of benzene rings is 1. The van der Waals surface area contributed by atoms with Gasteiger partial charge in [-0.3, -0.25) is 4.79 Å². The fourth-order valence-electron chi connectivity index (χ4n) is 4.07. The second-order valence-electron chi connectivity index (χ2n) is 7.34. The lowest BCUT2D eigenvalue weighted by Gasteiger charge is -2.26. The van der Waals surface area contributed by atoms with Gasteiger partial charge in [0.15, 0.2) is 0 Å². The van der Waals surface area contributed by atoms with E-state index in [1.165, 1.54) is 25.3 Å². The molecule has 1 aliphatic carbocycles. The number of aliphatic hydroxyl groups is 1. The van der Waals surface area contributed by atoms with Gasteiger partial charge in [-0.2, -0.15) is 0 Å². The summed E-state index contributed by atoms with van der Waals surface area (Å²) in [6, 6.07) is 5.29. The van der Waals surface area contributed by atoms with E-state index in [0.717, 1.165) is 36.4 Å². The van der Waals surface area contributed by atoms with Crippen molar-refractivity contribution in [3.63, 3.8) is 0 Å². The van der Waals surface area contributed by atoms with Crippen LogP contribution in [-0.2, 0) is 0 Å². The maximum Gasteiger partial charge on any atom is 0.253 e. The van der Waals surface area contributed by atoms with Crippen molar-refractivity contribution in [2.24, 2.45) is 0 Å². The SMILES string of the molecule is Cc1cc(C(=O)NCC(O)c2ccc(F)cc2F)c(C)n1C1CCCCC1. The van der Waals surface area contributed by atoms with Crippen molar-refractivity contribution in [3.8, 4) is 0 Å². The highest BCUT2D eigenvalue weighted by Crippen LogP contribution is 2.32. The Labute approximate surface area is 158 Å². The number of aliphatic hydroxyl groups excluding tert-OH is 1. The number of carbonyl (C=O) groups excluding carboxylic acids is 1. The molecule has 2 aromatic rings. The molecule has 0 bridgehead atoms. The number of halogens is 2. The largest absolute Gasteiger partial charge is 0.386 e. The lowest BCUT2D eigenvalue weighted by molar-refractivity contribution is 0.0913. The summed E-state index contributed by atoms with van der Waals surface area (Å²) >= 11 is 0. The Morgan fingerprint density at radius 3 is 2.59 bits per heavy atom. The molecule has 1 unspecified atom stereocenters. The smallest absolute Gasteiger partial charge is 0.253 e. The molecule has 27 heavy (non-hydrogen) atoms. The molecule has 0 spiro atoms. The zero-order valence-corrected chi connectivity index (χ0v) is 15.8. The molecule has 0 radical (unpaired) electrons. The van der Waals surface area contributed by atoms with Gasteiger partial charge in [-0.15, -0.1) is 0 Å². The van der Waals surface area contributed by atoms with E-state index < -0.39 is 17.7 Å². The highest BCUT2D eigenvalue weighted by Gasteiger charge is 2.23. The fourth-order valence-corrected chi connectivity index (χ4v) is 4.07. The molecule has 1 aliphatic rings. The van der Waals surface area contributed by atoms with Crippen LogP contribution in [0.25, 0.3) is 0 Å². The summed E-state index contributed by atoms with van der Waals surface area (Å²) in [5.41, 5.74) is 2.50. The quantitative estimate of drug-likeness (QED) is 0.815. The molecule has 1 amide bonds. The van der Waals surface area contributed by atoms with E-state index in [1.807, 2.05) is 19.9 Å². The maximum absolute atomic E-state index is 13.8. The molecule has 3 rings (SSSR count). The van der Waals surface area contributed by atoms with E-state index in [9.17, 15) is 18.7 Å². The van der Waals surface area contributed by atoms with Gasteiger partial charge in [0.25, 0.3) is 5.91 Å². The minimum atomic E-state index is -1.24. The summed E-state index contributed by atoms with van der Waals surface area (Å²) in [7, 11) is 0. The molecular formula is C21H26F2N2O2. The Kier molecular flexibility index (Phi) is 5.95. The van der Waals surface area contributed by atoms with Crippen molar-refractivity contribution in [1.29, 1.82) is 0 Å². The number of rotatable bonds is 5. The predicted molar refractivity (Wildman–Crippen MR) is 99.7 cm³/mol. The fraction of sp³-hybridized carbons (Fsp3) is 0.476. The van der Waals surface area contributed by atoms with Gasteiger partial charge in [-0.05, 0) is 38.8 Å². The molecule has 0 saturated heterocycles. The Hall–Kier alpha value is -2.21. The number of nitrogens with one attached hydrogen (secondary N) is 1. The number of amides is 1. The lowest BCUT2D eigenvalue weighted by atomic mass is 9.95. The number of nitrogens with zero attached hydrogens (tertiary/aromatic N) is 1. The van der Waals surface area contributed by atoms with E-state index in [-0.39, 0.29) is 18.0 Å². The third-order valence-corrected chi connectivity index (χ3v) is 5.45. The van der Waals surface area contributed by atoms with Crippen molar-refractivity contribution in [1.82, 2.24) is 9.88 Å². The van der Waals surface area contributed by atoms with Gasteiger partial charge >= 0.3 is 0 Å². The molecule has 1 saturated carbocycles. The summed E-state index contributed by atoms with van der Waals surface area (Å²) in [5, 5.41) is 12.8. The molecule has 2 N–H and O–H groups in total. The molecule has 1 aromatic heterocycles. The highest BCUT2D eigenvalue weighted by molar-refractivity contribution is 5.95. The van der Waals surface area contributed by atoms with Gasteiger partial charge in [-0.25, -0.2) is 8.78 Å². The lowest BCUT2D eigenvalue weighted by Crippen LogP contribution is -2.29. The van der Waals surface area contributed by atoms with Gasteiger partial charge in [0.2, 0.25) is 0 Å². The van der Waals surface area contributed by atoms with Crippen LogP contribution in [0.1, 0.15) is 71.6 Å². The summed E-state index contributed by atoms with van der Waals surface area (Å²) in [4.78, 5) is 12.6. The van der Waals surface area contributed by atoms with E-state index in [2.05, 4.69) is 9.88 Å². The van der Waals surface area contributed by atoms with E-state index in [1.54, 1.807) is 0 Å². The van der Waals surface area contributed by atoms with Crippen LogP contribution in [0.3, 0.4) is 0 Å². The average molecular weight is 376 g/mol. The second kappa shape index (κ2) is 8.21. The van der Waals surface area contributed by atoms with Crippen LogP contribution in [0.2, 0.25) is 0 Å². The first kappa shape index (κ1) is 19.5. The number of aromatic nitrogens is 1. The third-order valence-electron chi connectivity index (χ3n) is 5.45. The van der Waals surface area contributed by atoms with Gasteiger partial charge in [0.05, 0.1) is 11.7 Å². The number of hydrogen-bond donors (Lipinski definition) is 2. The molecule has 1 atom stereocenters. The third kappa shape index (κ3) is 4.21. The van der Waals surface area contributed by atoms with Crippen LogP contribution in [0.15, 0.2) is 24.3 Å². The van der Waals surface area contributed by atoms with Crippen LogP contribution in [0.4, 0.5) is 8.78 Å². The first-order valence-electron chi connectivity index (χ1n) is 9.48. The topological polar surface area (TPSA) is 54.3 Å². The van der Waals surface area contributed by atoms with Crippen molar-refractivity contribution < 1.29 is 18.7 Å². The van der Waals surface area contributed by atoms with Crippen molar-refractivity contribution >= 4 is 5.91 Å². The Morgan fingerprint density at radius 1 is 1.22 bits per heavy atom. The molecule has 6 heteroatoms. The molecule has 4 nitrogen and oxygen atoms in total. The Balaban J connectivity index is 1.69. The van der Waals surface area contributed by atoms with Gasteiger partial charge < -0.3 is 15.0 Å². The van der Waals surface area contributed by atoms with E-state index in [4.69, 9.17) is 0 Å². The van der Waals surface area contributed by atoms with Crippen molar-refractivity contribution in [2.75, 3.05) is 6.54 Å². The summed E-state index contributed by atoms with van der Waals surface area (Å²) in [6.07, 6.45) is 4.69. The molecule has 1 heterocycles. The molecule has 1 aromatic carbocycles. The molecule has 146 valence electrons. The summed E-state index contributed by atoms with van der Waals surface area (Å²) < 4.78 is 29.0. The van der Waals surface area contributed by atoms with Crippen molar-refractivity contribution in [3.05, 3.63) is 58.4 Å². The van der Waals surface area contributed by atoms with Crippen LogP contribution in [0.5, 0.6) is 0 Å². The van der Waals surface area contributed by atoms with Crippen LogP contribution < -0.4 is 5.32 Å². The highest BCUT2D eigenvalue weighted by atomic mass is 19.1. The maximum atomic E-state index is 13.8. The van der Waals surface area contributed by atoms with Crippen LogP contribution in [0, 0.1) is 25.5 Å². The normalized spacial score (nSPS) is 16.3. The monoisotopic (exact) mass is 376 g/mol. The van der Waals surface area contributed by atoms with Crippen molar-refractivity contribution in [2.45, 2.75) is 58.1 Å². The Bertz CT molecular complexity index is 826. The molecular weight excluding hydrogens is 350 g/mol. The molecule has 1 fully saturated rings. The van der Waals surface area contributed by atoms with E-state index >= 15 is 0 Å². The van der Waals surface area contributed by atoms with Gasteiger partial charge in [-0.1, -0.05) is 25.3 Å². The number of hydrogen-bond acceptors (Lipinski definition) is 2. The minimum Gasteiger partial charge on any atom is -0.386 e. The first-order valence-corrected chi connectivity index (χ1v) is 9.48. The van der Waals surface area contributed by atoms with Gasteiger partial charge in [0, 0.05) is 35.6 Å².